The summed E-state index contributed by atoms with van der Waals surface area (Å²) in [7, 11) is 0. The van der Waals surface area contributed by atoms with Crippen molar-refractivity contribution < 1.29 is 0 Å². The first-order valence-corrected chi connectivity index (χ1v) is 7.63. The molecular weight excluding hydrogens is 248 g/mol. The Hall–Kier alpha value is -1.58. The van der Waals surface area contributed by atoms with E-state index < -0.39 is 0 Å². The van der Waals surface area contributed by atoms with Gasteiger partial charge in [0.15, 0.2) is 5.82 Å². The molecule has 4 heteroatoms. The van der Waals surface area contributed by atoms with E-state index in [1.807, 2.05) is 16.9 Å². The maximum absolute atomic E-state index is 4.65. The summed E-state index contributed by atoms with van der Waals surface area (Å²) in [6.45, 7) is 7.56. The van der Waals surface area contributed by atoms with Gasteiger partial charge in [-0.15, -0.1) is 0 Å². The topological polar surface area (TPSA) is 42.2 Å². The van der Waals surface area contributed by atoms with Crippen LogP contribution in [0.1, 0.15) is 52.1 Å². The third-order valence-corrected chi connectivity index (χ3v) is 3.94. The van der Waals surface area contributed by atoms with Crippen LogP contribution < -0.4 is 5.32 Å². The number of anilines is 1. The highest BCUT2D eigenvalue weighted by molar-refractivity contribution is 5.68. The molecule has 0 spiro atoms. The lowest BCUT2D eigenvalue weighted by molar-refractivity contribution is 0.562. The fourth-order valence-corrected chi connectivity index (χ4v) is 2.43. The molecule has 0 aliphatic heterocycles. The molecule has 0 aromatic carbocycles. The smallest absolute Gasteiger partial charge is 0.152 e. The summed E-state index contributed by atoms with van der Waals surface area (Å²) in [5.74, 6) is 1.95. The standard InChI is InChI=1S/C16H24N4/c1-16(2,3)14-11-13-15(18-9-10-20(13)19-14)17-8-4-5-12-6-7-12/h9-12H,4-8H2,1-3H3,(H,17,18). The predicted molar refractivity (Wildman–Crippen MR) is 82.1 cm³/mol. The highest BCUT2D eigenvalue weighted by Gasteiger charge is 2.20. The SMILES string of the molecule is CC(C)(C)c1cc2c(NCCCC3CC3)nccn2n1. The van der Waals surface area contributed by atoms with E-state index in [4.69, 9.17) is 0 Å². The quantitative estimate of drug-likeness (QED) is 0.845. The van der Waals surface area contributed by atoms with Crippen molar-refractivity contribution in [3.63, 3.8) is 0 Å². The monoisotopic (exact) mass is 272 g/mol. The van der Waals surface area contributed by atoms with E-state index in [0.717, 1.165) is 29.5 Å². The van der Waals surface area contributed by atoms with Crippen molar-refractivity contribution in [2.24, 2.45) is 5.92 Å². The zero-order valence-corrected chi connectivity index (χ0v) is 12.7. The van der Waals surface area contributed by atoms with Gasteiger partial charge in [0.1, 0.15) is 5.52 Å². The molecule has 1 N–H and O–H groups in total. The molecule has 2 aromatic heterocycles. The normalized spacial score (nSPS) is 15.8. The lowest BCUT2D eigenvalue weighted by Crippen LogP contribution is -2.11. The van der Waals surface area contributed by atoms with Gasteiger partial charge in [-0.25, -0.2) is 9.50 Å². The lowest BCUT2D eigenvalue weighted by atomic mass is 9.92. The van der Waals surface area contributed by atoms with Crippen LogP contribution >= 0.6 is 0 Å². The second-order valence-electron chi connectivity index (χ2n) is 6.90. The van der Waals surface area contributed by atoms with Crippen molar-refractivity contribution in [2.75, 3.05) is 11.9 Å². The molecule has 4 nitrogen and oxygen atoms in total. The Labute approximate surface area is 120 Å². The average molecular weight is 272 g/mol. The van der Waals surface area contributed by atoms with E-state index in [2.05, 4.69) is 42.2 Å². The van der Waals surface area contributed by atoms with Crippen LogP contribution in [0.4, 0.5) is 5.82 Å². The van der Waals surface area contributed by atoms with E-state index in [1.165, 1.54) is 25.7 Å². The third-order valence-electron chi connectivity index (χ3n) is 3.94. The lowest BCUT2D eigenvalue weighted by Gasteiger charge is -2.13. The molecule has 1 aliphatic carbocycles. The minimum atomic E-state index is 0.0647. The molecule has 0 radical (unpaired) electrons. The Balaban J connectivity index is 1.73. The van der Waals surface area contributed by atoms with Gasteiger partial charge < -0.3 is 5.32 Å². The highest BCUT2D eigenvalue weighted by Crippen LogP contribution is 2.33. The van der Waals surface area contributed by atoms with E-state index in [9.17, 15) is 0 Å². The molecule has 2 aromatic rings. The van der Waals surface area contributed by atoms with Crippen LogP contribution in [-0.2, 0) is 5.41 Å². The summed E-state index contributed by atoms with van der Waals surface area (Å²) >= 11 is 0. The van der Waals surface area contributed by atoms with Crippen LogP contribution in [0.5, 0.6) is 0 Å². The number of rotatable bonds is 5. The Morgan fingerprint density at radius 3 is 2.85 bits per heavy atom. The Morgan fingerprint density at radius 2 is 2.15 bits per heavy atom. The molecule has 1 aliphatic rings. The maximum Gasteiger partial charge on any atom is 0.152 e. The zero-order chi connectivity index (χ0) is 14.2. The molecule has 20 heavy (non-hydrogen) atoms. The van der Waals surface area contributed by atoms with E-state index in [-0.39, 0.29) is 5.41 Å². The number of aromatic nitrogens is 3. The Morgan fingerprint density at radius 1 is 1.35 bits per heavy atom. The van der Waals surface area contributed by atoms with Gasteiger partial charge in [-0.2, -0.15) is 5.10 Å². The molecule has 3 rings (SSSR count). The van der Waals surface area contributed by atoms with Gasteiger partial charge >= 0.3 is 0 Å². The van der Waals surface area contributed by atoms with Gasteiger partial charge in [-0.3, -0.25) is 0 Å². The van der Waals surface area contributed by atoms with Gasteiger partial charge in [-0.05, 0) is 24.8 Å². The molecular formula is C16H24N4. The molecule has 0 bridgehead atoms. The van der Waals surface area contributed by atoms with Crippen molar-refractivity contribution in [3.05, 3.63) is 24.2 Å². The second-order valence-corrected chi connectivity index (χ2v) is 6.90. The van der Waals surface area contributed by atoms with Crippen LogP contribution in [0.3, 0.4) is 0 Å². The Bertz CT molecular complexity index is 590. The highest BCUT2D eigenvalue weighted by atomic mass is 15.2. The number of fused-ring (bicyclic) bond motifs is 1. The number of hydrogen-bond acceptors (Lipinski definition) is 3. The summed E-state index contributed by atoms with van der Waals surface area (Å²) in [5, 5.41) is 8.11. The minimum absolute atomic E-state index is 0.0647. The molecule has 108 valence electrons. The first-order valence-electron chi connectivity index (χ1n) is 7.63. The summed E-state index contributed by atoms with van der Waals surface area (Å²) < 4.78 is 1.93. The van der Waals surface area contributed by atoms with Crippen LogP contribution in [0.15, 0.2) is 18.5 Å². The van der Waals surface area contributed by atoms with Crippen LogP contribution in [-0.4, -0.2) is 21.1 Å². The van der Waals surface area contributed by atoms with Crippen LogP contribution in [0.25, 0.3) is 5.52 Å². The third kappa shape index (κ3) is 2.94. The molecule has 0 saturated heterocycles. The summed E-state index contributed by atoms with van der Waals surface area (Å²) in [6.07, 6.45) is 9.18. The minimum Gasteiger partial charge on any atom is -0.368 e. The molecule has 0 unspecified atom stereocenters. The molecule has 1 saturated carbocycles. The number of nitrogens with one attached hydrogen (secondary N) is 1. The van der Waals surface area contributed by atoms with Crippen molar-refractivity contribution in [1.29, 1.82) is 0 Å². The largest absolute Gasteiger partial charge is 0.368 e. The summed E-state index contributed by atoms with van der Waals surface area (Å²) in [5.41, 5.74) is 2.24. The number of hydrogen-bond donors (Lipinski definition) is 1. The average Bonchev–Trinajstić information content (AvgIpc) is 3.09. The van der Waals surface area contributed by atoms with E-state index in [0.29, 0.717) is 0 Å². The second kappa shape index (κ2) is 5.08. The van der Waals surface area contributed by atoms with Gasteiger partial charge in [0.05, 0.1) is 5.69 Å². The van der Waals surface area contributed by atoms with Gasteiger partial charge in [0.2, 0.25) is 0 Å². The van der Waals surface area contributed by atoms with Crippen molar-refractivity contribution in [3.8, 4) is 0 Å². The number of nitrogens with zero attached hydrogens (tertiary/aromatic N) is 3. The first-order chi connectivity index (χ1) is 9.54. The van der Waals surface area contributed by atoms with Crippen molar-refractivity contribution >= 4 is 11.3 Å². The fourth-order valence-electron chi connectivity index (χ4n) is 2.43. The summed E-state index contributed by atoms with van der Waals surface area (Å²) in [4.78, 5) is 4.46. The Kier molecular flexibility index (Phi) is 3.40. The molecule has 1 fully saturated rings. The fraction of sp³-hybridized carbons (Fsp3) is 0.625. The zero-order valence-electron chi connectivity index (χ0n) is 12.7. The maximum atomic E-state index is 4.65. The van der Waals surface area contributed by atoms with Crippen molar-refractivity contribution in [1.82, 2.24) is 14.6 Å². The van der Waals surface area contributed by atoms with E-state index in [1.54, 1.807) is 0 Å². The molecule has 2 heterocycles. The first kappa shape index (κ1) is 13.4. The summed E-state index contributed by atoms with van der Waals surface area (Å²) in [6, 6.07) is 2.15. The van der Waals surface area contributed by atoms with Gasteiger partial charge in [-0.1, -0.05) is 33.6 Å². The molecule has 0 atom stereocenters. The van der Waals surface area contributed by atoms with Gasteiger partial charge in [0, 0.05) is 24.4 Å². The van der Waals surface area contributed by atoms with Crippen LogP contribution in [0, 0.1) is 5.92 Å². The van der Waals surface area contributed by atoms with Crippen LogP contribution in [0.2, 0.25) is 0 Å². The van der Waals surface area contributed by atoms with Crippen molar-refractivity contribution in [2.45, 2.75) is 51.9 Å². The van der Waals surface area contributed by atoms with Gasteiger partial charge in [0.25, 0.3) is 0 Å². The van der Waals surface area contributed by atoms with E-state index >= 15 is 0 Å². The molecule has 0 amide bonds. The predicted octanol–water partition coefficient (Wildman–Crippen LogP) is 3.63.